The minimum atomic E-state index is -0.408. The highest BCUT2D eigenvalue weighted by Gasteiger charge is 2.50. The number of ether oxygens (including phenoxy) is 2. The topological polar surface area (TPSA) is 55.8 Å². The van der Waals surface area contributed by atoms with E-state index >= 15 is 0 Å². The molecule has 1 aromatic carbocycles. The molecule has 1 aromatic rings. The maximum absolute atomic E-state index is 12.3. The van der Waals surface area contributed by atoms with Gasteiger partial charge in [-0.15, -0.1) is 0 Å². The van der Waals surface area contributed by atoms with Crippen LogP contribution >= 0.6 is 0 Å². The van der Waals surface area contributed by atoms with E-state index in [0.717, 1.165) is 12.8 Å². The van der Waals surface area contributed by atoms with E-state index in [1.165, 1.54) is 7.11 Å². The van der Waals surface area contributed by atoms with Crippen molar-refractivity contribution in [3.8, 4) is 0 Å². The number of rotatable bonds is 3. The molecule has 5 heteroatoms. The first-order valence-electron chi connectivity index (χ1n) is 7.67. The number of carbonyl (C=O) groups is 2. The molecule has 0 N–H and O–H groups in total. The van der Waals surface area contributed by atoms with Gasteiger partial charge in [-0.2, -0.15) is 0 Å². The van der Waals surface area contributed by atoms with E-state index in [-0.39, 0.29) is 18.0 Å². The molecule has 2 unspecified atom stereocenters. The molecule has 0 aromatic heterocycles. The molecule has 2 aliphatic rings. The second-order valence-electron chi connectivity index (χ2n) is 6.06. The van der Waals surface area contributed by atoms with E-state index in [9.17, 15) is 9.59 Å². The normalized spacial score (nSPS) is 30.8. The average molecular weight is 303 g/mol. The molecule has 0 aliphatic carbocycles. The molecule has 5 nitrogen and oxygen atoms in total. The average Bonchev–Trinajstić information content (AvgIpc) is 2.78. The fourth-order valence-electron chi connectivity index (χ4n) is 3.77. The first-order chi connectivity index (χ1) is 10.6. The largest absolute Gasteiger partial charge is 0.469 e. The van der Waals surface area contributed by atoms with E-state index in [2.05, 4.69) is 4.90 Å². The van der Waals surface area contributed by atoms with Crippen molar-refractivity contribution in [2.24, 2.45) is 5.92 Å². The third kappa shape index (κ3) is 2.61. The Balaban J connectivity index is 1.79. The van der Waals surface area contributed by atoms with Gasteiger partial charge in [-0.3, -0.25) is 9.69 Å². The molecule has 4 atom stereocenters. The standard InChI is InChI=1S/C17H21NO4/c1-18-12-8-9-13(18)15(17(20)21-2)14(10-12)22-16(19)11-6-4-3-5-7-11/h3-7,12-15H,8-10H2,1-2H3/t12?,13?,14-,15-/m0/s1. The fourth-order valence-corrected chi connectivity index (χ4v) is 3.77. The van der Waals surface area contributed by atoms with E-state index in [1.54, 1.807) is 24.3 Å². The zero-order chi connectivity index (χ0) is 15.7. The maximum atomic E-state index is 12.3. The smallest absolute Gasteiger partial charge is 0.338 e. The molecule has 2 heterocycles. The van der Waals surface area contributed by atoms with Gasteiger partial charge in [0.05, 0.1) is 12.7 Å². The van der Waals surface area contributed by atoms with Crippen LogP contribution < -0.4 is 0 Å². The lowest BCUT2D eigenvalue weighted by Gasteiger charge is -2.40. The number of benzene rings is 1. The minimum absolute atomic E-state index is 0.0970. The van der Waals surface area contributed by atoms with E-state index in [1.807, 2.05) is 13.1 Å². The van der Waals surface area contributed by atoms with Crippen LogP contribution in [0.3, 0.4) is 0 Å². The molecule has 2 bridgehead atoms. The summed E-state index contributed by atoms with van der Waals surface area (Å²) in [6.07, 6.45) is 2.26. The third-order valence-electron chi connectivity index (χ3n) is 4.96. The fraction of sp³-hybridized carbons (Fsp3) is 0.529. The molecule has 0 amide bonds. The predicted octanol–water partition coefficient (Wildman–Crippen LogP) is 1.87. The monoisotopic (exact) mass is 303 g/mol. The number of nitrogens with zero attached hydrogens (tertiary/aromatic N) is 1. The van der Waals surface area contributed by atoms with Crippen LogP contribution in [0.4, 0.5) is 0 Å². The summed E-state index contributed by atoms with van der Waals surface area (Å²) in [5, 5.41) is 0. The van der Waals surface area contributed by atoms with Crippen molar-refractivity contribution in [3.63, 3.8) is 0 Å². The third-order valence-corrected chi connectivity index (χ3v) is 4.96. The van der Waals surface area contributed by atoms with Gasteiger partial charge in [-0.1, -0.05) is 18.2 Å². The zero-order valence-electron chi connectivity index (χ0n) is 12.9. The second-order valence-corrected chi connectivity index (χ2v) is 6.06. The summed E-state index contributed by atoms with van der Waals surface area (Å²) in [4.78, 5) is 26.7. The van der Waals surface area contributed by atoms with Gasteiger partial charge in [0.2, 0.25) is 0 Å². The van der Waals surface area contributed by atoms with Crippen molar-refractivity contribution in [3.05, 3.63) is 35.9 Å². The summed E-state index contributed by atoms with van der Waals surface area (Å²) >= 11 is 0. The number of fused-ring (bicyclic) bond motifs is 2. The lowest BCUT2D eigenvalue weighted by atomic mass is 9.87. The minimum Gasteiger partial charge on any atom is -0.469 e. The van der Waals surface area contributed by atoms with Gasteiger partial charge in [-0.25, -0.2) is 4.79 Å². The maximum Gasteiger partial charge on any atom is 0.338 e. The number of piperidine rings is 1. The Kier molecular flexibility index (Phi) is 4.16. The van der Waals surface area contributed by atoms with Crippen LogP contribution in [-0.4, -0.2) is 49.2 Å². The number of carbonyl (C=O) groups excluding carboxylic acids is 2. The van der Waals surface area contributed by atoms with Gasteiger partial charge in [-0.05, 0) is 32.0 Å². The van der Waals surface area contributed by atoms with Crippen LogP contribution in [0.1, 0.15) is 29.6 Å². The van der Waals surface area contributed by atoms with Crippen LogP contribution in [-0.2, 0) is 14.3 Å². The van der Waals surface area contributed by atoms with Gasteiger partial charge in [0.25, 0.3) is 0 Å². The summed E-state index contributed by atoms with van der Waals surface area (Å²) in [6.45, 7) is 0. The van der Waals surface area contributed by atoms with Crippen LogP contribution in [0, 0.1) is 5.92 Å². The van der Waals surface area contributed by atoms with Gasteiger partial charge < -0.3 is 9.47 Å². The molecule has 2 aliphatic heterocycles. The molecular formula is C17H21NO4. The van der Waals surface area contributed by atoms with E-state index in [4.69, 9.17) is 9.47 Å². The molecule has 0 radical (unpaired) electrons. The van der Waals surface area contributed by atoms with Gasteiger partial charge in [0.1, 0.15) is 12.0 Å². The van der Waals surface area contributed by atoms with Crippen LogP contribution in [0.2, 0.25) is 0 Å². The number of hydrogen-bond acceptors (Lipinski definition) is 5. The van der Waals surface area contributed by atoms with Crippen molar-refractivity contribution in [1.29, 1.82) is 0 Å². The SMILES string of the molecule is COC(=O)[C@H]1C2CCC(C[C@@H]1OC(=O)c1ccccc1)N2C. The van der Waals surface area contributed by atoms with Gasteiger partial charge >= 0.3 is 11.9 Å². The summed E-state index contributed by atoms with van der Waals surface area (Å²) in [5.41, 5.74) is 0.511. The highest BCUT2D eigenvalue weighted by Crippen LogP contribution is 2.40. The zero-order valence-corrected chi connectivity index (χ0v) is 12.9. The Morgan fingerprint density at radius 2 is 1.91 bits per heavy atom. The summed E-state index contributed by atoms with van der Waals surface area (Å²) in [7, 11) is 3.42. The highest BCUT2D eigenvalue weighted by atomic mass is 16.6. The number of hydrogen-bond donors (Lipinski definition) is 0. The number of esters is 2. The van der Waals surface area contributed by atoms with Crippen molar-refractivity contribution in [2.45, 2.75) is 37.5 Å². The molecule has 0 saturated carbocycles. The Labute approximate surface area is 130 Å². The summed E-state index contributed by atoms with van der Waals surface area (Å²) in [6, 6.07) is 9.36. The lowest BCUT2D eigenvalue weighted by molar-refractivity contribution is -0.156. The Morgan fingerprint density at radius 1 is 1.18 bits per heavy atom. The van der Waals surface area contributed by atoms with E-state index in [0.29, 0.717) is 18.0 Å². The molecule has 2 fully saturated rings. The van der Waals surface area contributed by atoms with Crippen LogP contribution in [0.15, 0.2) is 30.3 Å². The first kappa shape index (κ1) is 15.0. The van der Waals surface area contributed by atoms with Crippen molar-refractivity contribution in [2.75, 3.05) is 14.2 Å². The molecule has 22 heavy (non-hydrogen) atoms. The molecule has 0 spiro atoms. The first-order valence-corrected chi connectivity index (χ1v) is 7.67. The number of methoxy groups -OCH3 is 1. The van der Waals surface area contributed by atoms with E-state index < -0.39 is 12.0 Å². The molecular weight excluding hydrogens is 282 g/mol. The molecule has 2 saturated heterocycles. The Hall–Kier alpha value is -1.88. The van der Waals surface area contributed by atoms with Gasteiger partial charge in [0, 0.05) is 18.5 Å². The van der Waals surface area contributed by atoms with Crippen molar-refractivity contribution in [1.82, 2.24) is 4.90 Å². The Bertz CT molecular complexity index is 559. The quantitative estimate of drug-likeness (QED) is 0.798. The summed E-state index contributed by atoms with van der Waals surface area (Å²) in [5.74, 6) is -1.06. The highest BCUT2D eigenvalue weighted by molar-refractivity contribution is 5.89. The lowest BCUT2D eigenvalue weighted by Crippen LogP contribution is -2.53. The Morgan fingerprint density at radius 3 is 2.59 bits per heavy atom. The predicted molar refractivity (Wildman–Crippen MR) is 80.3 cm³/mol. The molecule has 118 valence electrons. The van der Waals surface area contributed by atoms with Gasteiger partial charge in [0.15, 0.2) is 0 Å². The second kappa shape index (κ2) is 6.08. The molecule has 3 rings (SSSR count). The van der Waals surface area contributed by atoms with Crippen molar-refractivity contribution < 1.29 is 19.1 Å². The van der Waals surface area contributed by atoms with Crippen LogP contribution in [0.25, 0.3) is 0 Å². The summed E-state index contributed by atoms with van der Waals surface area (Å²) < 4.78 is 10.6. The van der Waals surface area contributed by atoms with Crippen LogP contribution in [0.5, 0.6) is 0 Å². The van der Waals surface area contributed by atoms with Crippen molar-refractivity contribution >= 4 is 11.9 Å².